The van der Waals surface area contributed by atoms with Crippen molar-refractivity contribution >= 4 is 17.7 Å². The van der Waals surface area contributed by atoms with Gasteiger partial charge < -0.3 is 9.73 Å². The Morgan fingerprint density at radius 1 is 1.14 bits per heavy atom. The van der Waals surface area contributed by atoms with E-state index < -0.39 is 0 Å². The minimum absolute atomic E-state index is 0.0187. The second kappa shape index (κ2) is 10.1. The van der Waals surface area contributed by atoms with Crippen LogP contribution >= 0.6 is 11.8 Å². The van der Waals surface area contributed by atoms with E-state index >= 15 is 0 Å². The molecule has 0 bridgehead atoms. The molecular weight excluding hydrogens is 372 g/mol. The Hall–Kier alpha value is -2.54. The van der Waals surface area contributed by atoms with Gasteiger partial charge in [0.25, 0.3) is 0 Å². The fourth-order valence-electron chi connectivity index (χ4n) is 2.93. The predicted octanol–water partition coefficient (Wildman–Crippen LogP) is 4.62. The molecule has 0 aliphatic rings. The lowest BCUT2D eigenvalue weighted by molar-refractivity contribution is -0.118. The molecule has 148 valence electrons. The number of aryl methyl sites for hydroxylation is 1. The van der Waals surface area contributed by atoms with Crippen LogP contribution in [0.4, 0.5) is 0 Å². The van der Waals surface area contributed by atoms with E-state index in [1.54, 1.807) is 6.26 Å². The lowest BCUT2D eigenvalue weighted by Crippen LogP contribution is -2.26. The van der Waals surface area contributed by atoms with Crippen LogP contribution in [0.3, 0.4) is 0 Å². The smallest absolute Gasteiger partial charge is 0.230 e. The monoisotopic (exact) mass is 398 g/mol. The molecule has 0 radical (unpaired) electrons. The second-order valence-electron chi connectivity index (χ2n) is 6.57. The van der Waals surface area contributed by atoms with Crippen LogP contribution in [0.1, 0.15) is 38.4 Å². The van der Waals surface area contributed by atoms with E-state index in [1.807, 2.05) is 47.9 Å². The van der Waals surface area contributed by atoms with Crippen molar-refractivity contribution in [2.45, 2.75) is 44.7 Å². The van der Waals surface area contributed by atoms with E-state index in [1.165, 1.54) is 24.6 Å². The fourth-order valence-corrected chi connectivity index (χ4v) is 3.71. The summed E-state index contributed by atoms with van der Waals surface area (Å²) in [6.07, 6.45) is 6.22. The van der Waals surface area contributed by atoms with Crippen LogP contribution < -0.4 is 5.32 Å². The predicted molar refractivity (Wildman–Crippen MR) is 112 cm³/mol. The van der Waals surface area contributed by atoms with Crippen LogP contribution in [0.5, 0.6) is 0 Å². The first-order valence-corrected chi connectivity index (χ1v) is 10.6. The highest BCUT2D eigenvalue weighted by atomic mass is 32.2. The zero-order valence-electron chi connectivity index (χ0n) is 16.4. The Kier molecular flexibility index (Phi) is 7.31. The van der Waals surface area contributed by atoms with Crippen LogP contribution in [-0.4, -0.2) is 33.0 Å². The van der Waals surface area contributed by atoms with E-state index in [2.05, 4.69) is 22.4 Å². The van der Waals surface area contributed by atoms with E-state index in [0.29, 0.717) is 16.7 Å². The van der Waals surface area contributed by atoms with Crippen LogP contribution in [0.25, 0.3) is 17.1 Å². The quantitative estimate of drug-likeness (QED) is 0.398. The van der Waals surface area contributed by atoms with Crippen LogP contribution in [-0.2, 0) is 4.79 Å². The van der Waals surface area contributed by atoms with E-state index in [4.69, 9.17) is 4.42 Å². The number of nitrogens with one attached hydrogen (secondary N) is 1. The van der Waals surface area contributed by atoms with Crippen molar-refractivity contribution in [3.05, 3.63) is 48.4 Å². The van der Waals surface area contributed by atoms with E-state index in [9.17, 15) is 4.79 Å². The molecule has 1 amide bonds. The molecule has 0 saturated heterocycles. The van der Waals surface area contributed by atoms with Gasteiger partial charge in [0.15, 0.2) is 11.0 Å². The molecule has 1 aromatic carbocycles. The molecule has 0 saturated carbocycles. The first-order chi connectivity index (χ1) is 13.7. The summed E-state index contributed by atoms with van der Waals surface area (Å²) in [5.74, 6) is 1.82. The number of amides is 1. The number of rotatable bonds is 10. The SMILES string of the molecule is CCCCCCNC(=O)CSc1nnc(-c2ccoc2C)n1-c1ccccc1. The van der Waals surface area contributed by atoms with Gasteiger partial charge in [-0.2, -0.15) is 0 Å². The summed E-state index contributed by atoms with van der Waals surface area (Å²) in [6.45, 7) is 4.81. The fraction of sp³-hybridized carbons (Fsp3) is 0.381. The molecule has 3 rings (SSSR count). The van der Waals surface area contributed by atoms with Crippen molar-refractivity contribution in [1.29, 1.82) is 0 Å². The Morgan fingerprint density at radius 2 is 1.96 bits per heavy atom. The number of unbranched alkanes of at least 4 members (excludes halogenated alkanes) is 3. The standard InChI is InChI=1S/C21H26N4O2S/c1-3-4-5-9-13-22-19(26)15-28-21-24-23-20(18-12-14-27-16(18)2)25(21)17-10-7-6-8-11-17/h6-8,10-12,14H,3-5,9,13,15H2,1-2H3,(H,22,26). The van der Waals surface area contributed by atoms with Crippen LogP contribution in [0.15, 0.2) is 52.2 Å². The van der Waals surface area contributed by atoms with Crippen molar-refractivity contribution < 1.29 is 9.21 Å². The molecule has 0 aliphatic heterocycles. The molecule has 0 atom stereocenters. The molecule has 0 aliphatic carbocycles. The maximum atomic E-state index is 12.2. The number of nitrogens with zero attached hydrogens (tertiary/aromatic N) is 3. The van der Waals surface area contributed by atoms with Crippen LogP contribution in [0, 0.1) is 6.92 Å². The topological polar surface area (TPSA) is 73.0 Å². The third-order valence-electron chi connectivity index (χ3n) is 4.43. The summed E-state index contributed by atoms with van der Waals surface area (Å²) in [6, 6.07) is 11.8. The molecule has 0 fully saturated rings. The maximum Gasteiger partial charge on any atom is 0.230 e. The zero-order chi connectivity index (χ0) is 19.8. The number of aromatic nitrogens is 3. The van der Waals surface area contributed by atoms with Crippen molar-refractivity contribution in [3.63, 3.8) is 0 Å². The Morgan fingerprint density at radius 3 is 2.68 bits per heavy atom. The Labute approximate surface area is 169 Å². The van der Waals surface area contributed by atoms with Crippen molar-refractivity contribution in [2.24, 2.45) is 0 Å². The minimum atomic E-state index is 0.0187. The summed E-state index contributed by atoms with van der Waals surface area (Å²) in [5.41, 5.74) is 1.84. The largest absolute Gasteiger partial charge is 0.469 e. The Bertz CT molecular complexity index is 889. The van der Waals surface area contributed by atoms with Gasteiger partial charge in [-0.15, -0.1) is 10.2 Å². The van der Waals surface area contributed by atoms with Crippen molar-refractivity contribution in [1.82, 2.24) is 20.1 Å². The molecule has 3 aromatic rings. The molecule has 28 heavy (non-hydrogen) atoms. The summed E-state index contributed by atoms with van der Waals surface area (Å²) < 4.78 is 7.41. The second-order valence-corrected chi connectivity index (χ2v) is 7.51. The molecule has 0 unspecified atom stereocenters. The van der Waals surface area contributed by atoms with Gasteiger partial charge >= 0.3 is 0 Å². The summed E-state index contributed by atoms with van der Waals surface area (Å²) in [4.78, 5) is 12.2. The molecule has 1 N–H and O–H groups in total. The summed E-state index contributed by atoms with van der Waals surface area (Å²) in [5, 5.41) is 12.4. The summed E-state index contributed by atoms with van der Waals surface area (Å²) >= 11 is 1.39. The van der Waals surface area contributed by atoms with Gasteiger partial charge in [-0.05, 0) is 31.5 Å². The first-order valence-electron chi connectivity index (χ1n) is 9.65. The van der Waals surface area contributed by atoms with Crippen LogP contribution in [0.2, 0.25) is 0 Å². The molecule has 6 nitrogen and oxygen atoms in total. The van der Waals surface area contributed by atoms with Gasteiger partial charge in [0.2, 0.25) is 5.91 Å². The highest BCUT2D eigenvalue weighted by Crippen LogP contribution is 2.30. The number of hydrogen-bond donors (Lipinski definition) is 1. The lowest BCUT2D eigenvalue weighted by Gasteiger charge is -2.10. The number of para-hydroxylation sites is 1. The van der Waals surface area contributed by atoms with E-state index in [-0.39, 0.29) is 5.91 Å². The lowest BCUT2D eigenvalue weighted by atomic mass is 10.2. The zero-order valence-corrected chi connectivity index (χ0v) is 17.2. The third-order valence-corrected chi connectivity index (χ3v) is 5.36. The number of carbonyl (C=O) groups excluding carboxylic acids is 1. The third kappa shape index (κ3) is 5.04. The van der Waals surface area contributed by atoms with Gasteiger partial charge in [0.1, 0.15) is 5.76 Å². The number of benzene rings is 1. The van der Waals surface area contributed by atoms with Gasteiger partial charge in [0, 0.05) is 12.2 Å². The van der Waals surface area contributed by atoms with E-state index in [0.717, 1.165) is 36.4 Å². The first kappa shape index (κ1) is 20.2. The van der Waals surface area contributed by atoms with Crippen molar-refractivity contribution in [2.75, 3.05) is 12.3 Å². The molecule has 2 heterocycles. The average Bonchev–Trinajstić information content (AvgIpc) is 3.32. The Balaban J connectivity index is 1.72. The minimum Gasteiger partial charge on any atom is -0.469 e. The molecule has 0 spiro atoms. The molecule has 2 aromatic heterocycles. The average molecular weight is 399 g/mol. The molecular formula is C21H26N4O2S. The number of thioether (sulfide) groups is 1. The van der Waals surface area contributed by atoms with Crippen molar-refractivity contribution in [3.8, 4) is 17.1 Å². The number of carbonyl (C=O) groups is 1. The molecule has 7 heteroatoms. The summed E-state index contributed by atoms with van der Waals surface area (Å²) in [7, 11) is 0. The van der Waals surface area contributed by atoms with Gasteiger partial charge in [-0.25, -0.2) is 0 Å². The normalized spacial score (nSPS) is 10.9. The highest BCUT2D eigenvalue weighted by molar-refractivity contribution is 7.99. The van der Waals surface area contributed by atoms with Gasteiger partial charge in [0.05, 0.1) is 17.6 Å². The number of hydrogen-bond acceptors (Lipinski definition) is 5. The highest BCUT2D eigenvalue weighted by Gasteiger charge is 2.19. The van der Waals surface area contributed by atoms with Gasteiger partial charge in [-0.3, -0.25) is 9.36 Å². The maximum absolute atomic E-state index is 12.2. The number of furan rings is 1. The van der Waals surface area contributed by atoms with Gasteiger partial charge in [-0.1, -0.05) is 56.1 Å².